The Labute approximate surface area is 137 Å². The van der Waals surface area contributed by atoms with E-state index in [1.807, 2.05) is 36.4 Å². The summed E-state index contributed by atoms with van der Waals surface area (Å²) in [6, 6.07) is 16.0. The molecular weight excluding hydrogens is 308 g/mol. The minimum atomic E-state index is 0.735. The Morgan fingerprint density at radius 1 is 1.00 bits per heavy atom. The molecule has 23 heavy (non-hydrogen) atoms. The summed E-state index contributed by atoms with van der Waals surface area (Å²) in [5.74, 6) is 1.55. The molecule has 0 saturated heterocycles. The van der Waals surface area contributed by atoms with Gasteiger partial charge in [-0.3, -0.25) is 0 Å². The normalized spacial score (nSPS) is 11.0. The van der Waals surface area contributed by atoms with Crippen LogP contribution in [0, 0.1) is 6.92 Å². The SMILES string of the molecule is COc1ccc(-c2nnc3sc(-c4ccccc4C)nn23)cc1. The molecule has 2 aromatic carbocycles. The number of benzene rings is 2. The van der Waals surface area contributed by atoms with Gasteiger partial charge in [0.15, 0.2) is 5.82 Å². The van der Waals surface area contributed by atoms with Crippen LogP contribution in [0.1, 0.15) is 5.56 Å². The topological polar surface area (TPSA) is 52.3 Å². The molecule has 0 aliphatic heterocycles. The van der Waals surface area contributed by atoms with Gasteiger partial charge in [-0.1, -0.05) is 35.6 Å². The number of hydrogen-bond donors (Lipinski definition) is 0. The van der Waals surface area contributed by atoms with E-state index in [9.17, 15) is 0 Å². The number of aryl methyl sites for hydroxylation is 1. The van der Waals surface area contributed by atoms with Gasteiger partial charge in [0.05, 0.1) is 7.11 Å². The minimum Gasteiger partial charge on any atom is -0.497 e. The second-order valence-electron chi connectivity index (χ2n) is 5.17. The number of methoxy groups -OCH3 is 1. The minimum absolute atomic E-state index is 0.735. The van der Waals surface area contributed by atoms with Gasteiger partial charge >= 0.3 is 0 Å². The standard InChI is InChI=1S/C17H14N4OS/c1-11-5-3-4-6-14(11)16-20-21-15(18-19-17(21)23-16)12-7-9-13(22-2)10-8-12/h3-10H,1-2H3. The van der Waals surface area contributed by atoms with E-state index in [0.717, 1.165) is 32.7 Å². The molecule has 0 aliphatic rings. The predicted molar refractivity (Wildman–Crippen MR) is 90.8 cm³/mol. The van der Waals surface area contributed by atoms with E-state index in [1.54, 1.807) is 23.0 Å². The molecule has 2 heterocycles. The number of aromatic nitrogens is 4. The summed E-state index contributed by atoms with van der Waals surface area (Å²) in [5.41, 5.74) is 3.28. The van der Waals surface area contributed by atoms with Crippen LogP contribution in [0.2, 0.25) is 0 Å². The average molecular weight is 322 g/mol. The highest BCUT2D eigenvalue weighted by atomic mass is 32.1. The summed E-state index contributed by atoms with van der Waals surface area (Å²) in [5, 5.41) is 14.2. The van der Waals surface area contributed by atoms with Crippen molar-refractivity contribution in [3.63, 3.8) is 0 Å². The van der Waals surface area contributed by atoms with Crippen LogP contribution < -0.4 is 4.74 Å². The summed E-state index contributed by atoms with van der Waals surface area (Å²) in [4.78, 5) is 0.786. The molecule has 4 aromatic rings. The Balaban J connectivity index is 1.82. The quantitative estimate of drug-likeness (QED) is 0.575. The monoisotopic (exact) mass is 322 g/mol. The van der Waals surface area contributed by atoms with E-state index < -0.39 is 0 Å². The maximum atomic E-state index is 5.19. The Morgan fingerprint density at radius 3 is 2.52 bits per heavy atom. The van der Waals surface area contributed by atoms with E-state index in [-0.39, 0.29) is 0 Å². The molecule has 0 radical (unpaired) electrons. The molecular formula is C17H14N4OS. The lowest BCUT2D eigenvalue weighted by Crippen LogP contribution is -1.92. The van der Waals surface area contributed by atoms with Crippen LogP contribution in [0.15, 0.2) is 48.5 Å². The van der Waals surface area contributed by atoms with Crippen LogP contribution in [0.3, 0.4) is 0 Å². The Hall–Kier alpha value is -2.73. The molecule has 5 nitrogen and oxygen atoms in total. The fourth-order valence-corrected chi connectivity index (χ4v) is 3.39. The fraction of sp³-hybridized carbons (Fsp3) is 0.118. The zero-order valence-electron chi connectivity index (χ0n) is 12.7. The Morgan fingerprint density at radius 2 is 1.78 bits per heavy atom. The van der Waals surface area contributed by atoms with Crippen molar-refractivity contribution in [2.75, 3.05) is 7.11 Å². The number of hydrogen-bond acceptors (Lipinski definition) is 5. The summed E-state index contributed by atoms with van der Waals surface area (Å²) in [6.45, 7) is 2.09. The van der Waals surface area contributed by atoms with Crippen molar-refractivity contribution < 1.29 is 4.74 Å². The van der Waals surface area contributed by atoms with Crippen molar-refractivity contribution >= 4 is 16.3 Å². The molecule has 0 bridgehead atoms. The van der Waals surface area contributed by atoms with Gasteiger partial charge in [0.25, 0.3) is 0 Å². The van der Waals surface area contributed by atoms with Crippen LogP contribution in [0.25, 0.3) is 26.9 Å². The fourth-order valence-electron chi connectivity index (χ4n) is 2.46. The first-order chi connectivity index (χ1) is 11.3. The lowest BCUT2D eigenvalue weighted by molar-refractivity contribution is 0.415. The molecule has 0 atom stereocenters. The van der Waals surface area contributed by atoms with Crippen molar-refractivity contribution in [1.29, 1.82) is 0 Å². The molecule has 2 aromatic heterocycles. The van der Waals surface area contributed by atoms with E-state index >= 15 is 0 Å². The van der Waals surface area contributed by atoms with Gasteiger partial charge in [0.1, 0.15) is 10.8 Å². The molecule has 0 saturated carbocycles. The Kier molecular flexibility index (Phi) is 3.31. The van der Waals surface area contributed by atoms with Gasteiger partial charge in [-0.25, -0.2) is 0 Å². The molecule has 114 valence electrons. The largest absolute Gasteiger partial charge is 0.497 e. The second kappa shape index (κ2) is 5.48. The first-order valence-corrected chi connectivity index (χ1v) is 8.00. The molecule has 4 rings (SSSR count). The molecule has 0 amide bonds. The highest BCUT2D eigenvalue weighted by molar-refractivity contribution is 7.19. The molecule has 0 N–H and O–H groups in total. The smallest absolute Gasteiger partial charge is 0.235 e. The third-order valence-electron chi connectivity index (χ3n) is 3.71. The number of nitrogens with zero attached hydrogens (tertiary/aromatic N) is 4. The van der Waals surface area contributed by atoms with Crippen LogP contribution in [-0.2, 0) is 0 Å². The van der Waals surface area contributed by atoms with Crippen molar-refractivity contribution in [2.24, 2.45) is 0 Å². The highest BCUT2D eigenvalue weighted by Gasteiger charge is 2.15. The van der Waals surface area contributed by atoms with Gasteiger partial charge in [0.2, 0.25) is 4.96 Å². The first-order valence-electron chi connectivity index (χ1n) is 7.19. The van der Waals surface area contributed by atoms with Gasteiger partial charge < -0.3 is 4.74 Å². The Bertz CT molecular complexity index is 972. The van der Waals surface area contributed by atoms with E-state index in [2.05, 4.69) is 29.3 Å². The van der Waals surface area contributed by atoms with Crippen molar-refractivity contribution in [3.05, 3.63) is 54.1 Å². The summed E-state index contributed by atoms with van der Waals surface area (Å²) < 4.78 is 6.99. The molecule has 0 spiro atoms. The maximum absolute atomic E-state index is 5.19. The van der Waals surface area contributed by atoms with Gasteiger partial charge in [0, 0.05) is 11.1 Å². The van der Waals surface area contributed by atoms with E-state index in [0.29, 0.717) is 0 Å². The number of ether oxygens (including phenoxy) is 1. The lowest BCUT2D eigenvalue weighted by Gasteiger charge is -2.01. The molecule has 6 heteroatoms. The second-order valence-corrected chi connectivity index (χ2v) is 6.12. The van der Waals surface area contributed by atoms with E-state index in [1.165, 1.54) is 5.56 Å². The number of fused-ring (bicyclic) bond motifs is 1. The van der Waals surface area contributed by atoms with Crippen LogP contribution >= 0.6 is 11.3 Å². The lowest BCUT2D eigenvalue weighted by atomic mass is 10.1. The molecule has 0 aliphatic carbocycles. The predicted octanol–water partition coefficient (Wildman–Crippen LogP) is 3.84. The van der Waals surface area contributed by atoms with Gasteiger partial charge in [-0.15, -0.1) is 10.2 Å². The van der Waals surface area contributed by atoms with Gasteiger partial charge in [-0.05, 0) is 36.8 Å². The zero-order valence-corrected chi connectivity index (χ0v) is 13.5. The first kappa shape index (κ1) is 13.9. The van der Waals surface area contributed by atoms with Crippen LogP contribution in [-0.4, -0.2) is 26.9 Å². The van der Waals surface area contributed by atoms with Crippen molar-refractivity contribution in [1.82, 2.24) is 19.8 Å². The van der Waals surface area contributed by atoms with Crippen LogP contribution in [0.4, 0.5) is 0 Å². The van der Waals surface area contributed by atoms with Crippen LogP contribution in [0.5, 0.6) is 5.75 Å². The summed E-state index contributed by atoms with van der Waals surface area (Å²) in [6.07, 6.45) is 0. The molecule has 0 fully saturated rings. The van der Waals surface area contributed by atoms with Crippen molar-refractivity contribution in [3.8, 4) is 27.7 Å². The summed E-state index contributed by atoms with van der Waals surface area (Å²) >= 11 is 1.54. The van der Waals surface area contributed by atoms with E-state index in [4.69, 9.17) is 9.84 Å². The number of rotatable bonds is 3. The maximum Gasteiger partial charge on any atom is 0.235 e. The average Bonchev–Trinajstić information content (AvgIpc) is 3.16. The summed E-state index contributed by atoms with van der Waals surface area (Å²) in [7, 11) is 1.65. The third-order valence-corrected chi connectivity index (χ3v) is 4.65. The third kappa shape index (κ3) is 2.37. The van der Waals surface area contributed by atoms with Crippen molar-refractivity contribution in [2.45, 2.75) is 6.92 Å². The zero-order chi connectivity index (χ0) is 15.8. The van der Waals surface area contributed by atoms with Gasteiger partial charge in [-0.2, -0.15) is 9.61 Å². The highest BCUT2D eigenvalue weighted by Crippen LogP contribution is 2.30. The molecule has 0 unspecified atom stereocenters.